The zero-order valence-electron chi connectivity index (χ0n) is 15.7. The summed E-state index contributed by atoms with van der Waals surface area (Å²) >= 11 is 0. The van der Waals surface area contributed by atoms with Gasteiger partial charge in [-0.15, -0.1) is 0 Å². The van der Waals surface area contributed by atoms with E-state index in [1.54, 1.807) is 26.4 Å². The van der Waals surface area contributed by atoms with E-state index in [0.29, 0.717) is 17.1 Å². The monoisotopic (exact) mass is 355 g/mol. The molecule has 1 heterocycles. The van der Waals surface area contributed by atoms with E-state index in [-0.39, 0.29) is 5.91 Å². The largest absolute Gasteiger partial charge is 0.496 e. The first-order valence-electron chi connectivity index (χ1n) is 9.01. The zero-order chi connectivity index (χ0) is 18.5. The van der Waals surface area contributed by atoms with Gasteiger partial charge in [0.05, 0.1) is 40.4 Å². The van der Waals surface area contributed by atoms with Crippen LogP contribution < -0.4 is 14.4 Å². The number of carbonyl (C=O) groups excluding carboxylic acids is 1. The number of nitrogens with zero attached hydrogens (tertiary/aromatic N) is 1. The molecule has 0 saturated carbocycles. The van der Waals surface area contributed by atoms with Crippen LogP contribution in [0.4, 0.5) is 0 Å². The lowest BCUT2D eigenvalue weighted by Gasteiger charge is -2.32. The van der Waals surface area contributed by atoms with Crippen molar-refractivity contribution >= 4 is 5.91 Å². The number of quaternary nitrogens is 1. The first-order valence-corrected chi connectivity index (χ1v) is 9.01. The molecule has 1 saturated heterocycles. The fraction of sp³-hybridized carbons (Fsp3) is 0.381. The second-order valence-electron chi connectivity index (χ2n) is 6.74. The van der Waals surface area contributed by atoms with Crippen LogP contribution >= 0.6 is 0 Å². The van der Waals surface area contributed by atoms with Crippen molar-refractivity contribution in [2.45, 2.75) is 13.5 Å². The number of methoxy groups -OCH3 is 2. The van der Waals surface area contributed by atoms with Crippen LogP contribution in [0.2, 0.25) is 0 Å². The fourth-order valence-electron chi connectivity index (χ4n) is 3.42. The van der Waals surface area contributed by atoms with Gasteiger partial charge in [0.25, 0.3) is 5.91 Å². The molecule has 5 heteroatoms. The van der Waals surface area contributed by atoms with Crippen molar-refractivity contribution in [2.24, 2.45) is 0 Å². The van der Waals surface area contributed by atoms with Crippen LogP contribution in [-0.4, -0.2) is 51.2 Å². The Kier molecular flexibility index (Phi) is 5.78. The maximum atomic E-state index is 13.0. The van der Waals surface area contributed by atoms with Gasteiger partial charge in [-0.3, -0.25) is 4.79 Å². The molecule has 0 unspecified atom stereocenters. The number of ether oxygens (including phenoxy) is 2. The second-order valence-corrected chi connectivity index (χ2v) is 6.74. The Labute approximate surface area is 155 Å². The SMILES string of the molecule is COc1cccc(OC)c1C(=O)N1CC[NH+](Cc2ccc(C)cc2)CC1. The van der Waals surface area contributed by atoms with Crippen molar-refractivity contribution in [3.63, 3.8) is 0 Å². The normalized spacial score (nSPS) is 15.0. The maximum Gasteiger partial charge on any atom is 0.261 e. The molecule has 0 aromatic heterocycles. The topological polar surface area (TPSA) is 43.2 Å². The summed E-state index contributed by atoms with van der Waals surface area (Å²) in [6, 6.07) is 14.1. The van der Waals surface area contributed by atoms with Crippen molar-refractivity contribution in [2.75, 3.05) is 40.4 Å². The Hall–Kier alpha value is -2.53. The molecule has 26 heavy (non-hydrogen) atoms. The summed E-state index contributed by atoms with van der Waals surface area (Å²) in [5.41, 5.74) is 3.14. The molecular weight excluding hydrogens is 328 g/mol. The number of rotatable bonds is 5. The Bertz CT molecular complexity index is 728. The fourth-order valence-corrected chi connectivity index (χ4v) is 3.42. The molecule has 2 aromatic rings. The maximum absolute atomic E-state index is 13.0. The van der Waals surface area contributed by atoms with Gasteiger partial charge in [0, 0.05) is 5.56 Å². The van der Waals surface area contributed by atoms with Crippen molar-refractivity contribution in [1.82, 2.24) is 4.90 Å². The van der Waals surface area contributed by atoms with Gasteiger partial charge >= 0.3 is 0 Å². The number of hydrogen-bond donors (Lipinski definition) is 1. The molecule has 0 bridgehead atoms. The van der Waals surface area contributed by atoms with Gasteiger partial charge in [0.15, 0.2) is 0 Å². The highest BCUT2D eigenvalue weighted by Crippen LogP contribution is 2.29. The Balaban J connectivity index is 1.65. The van der Waals surface area contributed by atoms with E-state index in [2.05, 4.69) is 31.2 Å². The first-order chi connectivity index (χ1) is 12.6. The standard InChI is InChI=1S/C21H26N2O3/c1-16-7-9-17(10-8-16)15-22-11-13-23(14-12-22)21(24)20-18(25-2)5-4-6-19(20)26-3/h4-10H,11-15H2,1-3H3/p+1. The summed E-state index contributed by atoms with van der Waals surface area (Å²) in [7, 11) is 3.16. The predicted molar refractivity (Wildman–Crippen MR) is 101 cm³/mol. The molecule has 0 atom stereocenters. The van der Waals surface area contributed by atoms with Crippen LogP contribution in [0.25, 0.3) is 0 Å². The second kappa shape index (κ2) is 8.23. The molecule has 5 nitrogen and oxygen atoms in total. The Morgan fingerprint density at radius 2 is 1.58 bits per heavy atom. The highest BCUT2D eigenvalue weighted by atomic mass is 16.5. The minimum Gasteiger partial charge on any atom is -0.496 e. The summed E-state index contributed by atoms with van der Waals surface area (Å²) in [6.45, 7) is 6.46. The van der Waals surface area contributed by atoms with E-state index in [4.69, 9.17) is 9.47 Å². The summed E-state index contributed by atoms with van der Waals surface area (Å²) in [4.78, 5) is 16.4. The molecule has 1 aliphatic rings. The summed E-state index contributed by atoms with van der Waals surface area (Å²) in [5.74, 6) is 1.10. The van der Waals surface area contributed by atoms with E-state index in [9.17, 15) is 4.79 Å². The van der Waals surface area contributed by atoms with Gasteiger partial charge in [0.1, 0.15) is 23.6 Å². The molecule has 0 radical (unpaired) electrons. The Morgan fingerprint density at radius 3 is 2.12 bits per heavy atom. The van der Waals surface area contributed by atoms with Crippen molar-refractivity contribution in [3.8, 4) is 11.5 Å². The lowest BCUT2D eigenvalue weighted by atomic mass is 10.1. The lowest BCUT2D eigenvalue weighted by Crippen LogP contribution is -3.13. The number of benzene rings is 2. The van der Waals surface area contributed by atoms with Crippen LogP contribution in [0.1, 0.15) is 21.5 Å². The van der Waals surface area contributed by atoms with Gasteiger partial charge in [-0.2, -0.15) is 0 Å². The van der Waals surface area contributed by atoms with E-state index in [1.165, 1.54) is 16.0 Å². The number of piperazine rings is 1. The van der Waals surface area contributed by atoms with Crippen molar-refractivity contribution in [3.05, 3.63) is 59.2 Å². The summed E-state index contributed by atoms with van der Waals surface area (Å²) in [6.07, 6.45) is 0. The van der Waals surface area contributed by atoms with Crippen molar-refractivity contribution < 1.29 is 19.2 Å². The van der Waals surface area contributed by atoms with Crippen LogP contribution in [-0.2, 0) is 6.54 Å². The number of carbonyl (C=O) groups is 1. The van der Waals surface area contributed by atoms with Crippen LogP contribution in [0.5, 0.6) is 11.5 Å². The van der Waals surface area contributed by atoms with Crippen LogP contribution in [0.15, 0.2) is 42.5 Å². The molecule has 3 rings (SSSR count). The van der Waals surface area contributed by atoms with E-state index in [1.807, 2.05) is 11.0 Å². The average Bonchev–Trinajstić information content (AvgIpc) is 2.69. The minimum absolute atomic E-state index is 0.0197. The molecule has 1 N–H and O–H groups in total. The molecule has 138 valence electrons. The lowest BCUT2D eigenvalue weighted by molar-refractivity contribution is -0.917. The molecule has 0 aliphatic carbocycles. The smallest absolute Gasteiger partial charge is 0.261 e. The Morgan fingerprint density at radius 1 is 1.00 bits per heavy atom. The third-order valence-electron chi connectivity index (χ3n) is 4.97. The van der Waals surface area contributed by atoms with Crippen molar-refractivity contribution in [1.29, 1.82) is 0 Å². The number of nitrogens with one attached hydrogen (secondary N) is 1. The van der Waals surface area contributed by atoms with Gasteiger partial charge in [-0.25, -0.2) is 0 Å². The predicted octanol–water partition coefficient (Wildman–Crippen LogP) is 1.55. The quantitative estimate of drug-likeness (QED) is 0.885. The third-order valence-corrected chi connectivity index (χ3v) is 4.97. The van der Waals surface area contributed by atoms with Gasteiger partial charge in [-0.05, 0) is 19.1 Å². The molecule has 0 spiro atoms. The summed E-state index contributed by atoms with van der Waals surface area (Å²) < 4.78 is 10.8. The van der Waals surface area contributed by atoms with E-state index >= 15 is 0 Å². The van der Waals surface area contributed by atoms with E-state index in [0.717, 1.165) is 32.7 Å². The number of hydrogen-bond acceptors (Lipinski definition) is 3. The first kappa shape index (κ1) is 18.3. The molecule has 1 fully saturated rings. The highest BCUT2D eigenvalue weighted by Gasteiger charge is 2.28. The molecule has 1 aliphatic heterocycles. The molecular formula is C21H27N2O3+. The van der Waals surface area contributed by atoms with Gasteiger partial charge in [0.2, 0.25) is 0 Å². The van der Waals surface area contributed by atoms with Crippen LogP contribution in [0, 0.1) is 6.92 Å². The van der Waals surface area contributed by atoms with Crippen LogP contribution in [0.3, 0.4) is 0 Å². The average molecular weight is 355 g/mol. The van der Waals surface area contributed by atoms with Gasteiger partial charge < -0.3 is 19.3 Å². The number of amides is 1. The number of aryl methyl sites for hydroxylation is 1. The van der Waals surface area contributed by atoms with Gasteiger partial charge in [-0.1, -0.05) is 35.9 Å². The summed E-state index contributed by atoms with van der Waals surface area (Å²) in [5, 5.41) is 0. The highest BCUT2D eigenvalue weighted by molar-refractivity contribution is 5.99. The third kappa shape index (κ3) is 3.99. The molecule has 2 aromatic carbocycles. The molecule has 1 amide bonds. The minimum atomic E-state index is -0.0197. The zero-order valence-corrected chi connectivity index (χ0v) is 15.7. The van der Waals surface area contributed by atoms with E-state index < -0.39 is 0 Å².